The molecule has 2 aliphatic rings. The zero-order chi connectivity index (χ0) is 13.9. The van der Waals surface area contributed by atoms with Gasteiger partial charge in [0, 0.05) is 26.1 Å². The van der Waals surface area contributed by atoms with Gasteiger partial charge >= 0.3 is 0 Å². The lowest BCUT2D eigenvalue weighted by Crippen LogP contribution is -2.52. The van der Waals surface area contributed by atoms with Crippen LogP contribution in [0.5, 0.6) is 0 Å². The fraction of sp³-hybridized carbons (Fsp3) is 0.933. The molecule has 3 atom stereocenters. The molecule has 1 saturated heterocycles. The second-order valence-corrected chi connectivity index (χ2v) is 6.40. The molecule has 1 aliphatic heterocycles. The van der Waals surface area contributed by atoms with Crippen LogP contribution < -0.4 is 5.73 Å². The second kappa shape index (κ2) is 6.23. The predicted molar refractivity (Wildman–Crippen MR) is 75.7 cm³/mol. The largest absolute Gasteiger partial charge is 0.377 e. The molecule has 0 bridgehead atoms. The molecule has 2 rings (SSSR count). The lowest BCUT2D eigenvalue weighted by atomic mass is 9.78. The van der Waals surface area contributed by atoms with Crippen molar-refractivity contribution in [3.63, 3.8) is 0 Å². The minimum atomic E-state index is -0.166. The van der Waals surface area contributed by atoms with Crippen molar-refractivity contribution in [1.29, 1.82) is 0 Å². The summed E-state index contributed by atoms with van der Waals surface area (Å²) in [6.07, 6.45) is 6.60. The Morgan fingerprint density at radius 2 is 2.11 bits per heavy atom. The SMILES string of the molecule is COC1(C)CCCN(C(=O)C2CCCCC2CN)C1. The van der Waals surface area contributed by atoms with E-state index in [0.717, 1.165) is 38.8 Å². The van der Waals surface area contributed by atoms with Crippen LogP contribution in [0.3, 0.4) is 0 Å². The van der Waals surface area contributed by atoms with Crippen molar-refractivity contribution in [3.05, 3.63) is 0 Å². The van der Waals surface area contributed by atoms with Gasteiger partial charge < -0.3 is 15.4 Å². The summed E-state index contributed by atoms with van der Waals surface area (Å²) in [5.74, 6) is 0.855. The minimum Gasteiger partial charge on any atom is -0.377 e. The highest BCUT2D eigenvalue weighted by molar-refractivity contribution is 5.79. The Kier molecular flexibility index (Phi) is 4.85. The van der Waals surface area contributed by atoms with E-state index in [1.54, 1.807) is 7.11 Å². The van der Waals surface area contributed by atoms with Gasteiger partial charge in [0.25, 0.3) is 0 Å². The third kappa shape index (κ3) is 3.29. The fourth-order valence-corrected chi connectivity index (χ4v) is 3.61. The van der Waals surface area contributed by atoms with Gasteiger partial charge in [-0.3, -0.25) is 4.79 Å². The van der Waals surface area contributed by atoms with Crippen LogP contribution in [0.2, 0.25) is 0 Å². The number of hydrogen-bond donors (Lipinski definition) is 1. The molecule has 1 saturated carbocycles. The molecule has 1 heterocycles. The molecule has 4 nitrogen and oxygen atoms in total. The van der Waals surface area contributed by atoms with E-state index in [4.69, 9.17) is 10.5 Å². The molecule has 0 aromatic carbocycles. The Morgan fingerprint density at radius 3 is 2.79 bits per heavy atom. The Labute approximate surface area is 116 Å². The third-order valence-electron chi connectivity index (χ3n) is 4.99. The van der Waals surface area contributed by atoms with E-state index >= 15 is 0 Å². The van der Waals surface area contributed by atoms with Crippen molar-refractivity contribution >= 4 is 5.91 Å². The maximum atomic E-state index is 12.7. The molecule has 4 heteroatoms. The van der Waals surface area contributed by atoms with Crippen molar-refractivity contribution in [2.45, 2.75) is 51.0 Å². The number of piperidine rings is 1. The van der Waals surface area contributed by atoms with Crippen LogP contribution in [-0.2, 0) is 9.53 Å². The fourth-order valence-electron chi connectivity index (χ4n) is 3.61. The first kappa shape index (κ1) is 14.8. The van der Waals surface area contributed by atoms with Crippen LogP contribution in [0, 0.1) is 11.8 Å². The summed E-state index contributed by atoms with van der Waals surface area (Å²) in [4.78, 5) is 14.8. The Morgan fingerprint density at radius 1 is 1.37 bits per heavy atom. The summed E-state index contributed by atoms with van der Waals surface area (Å²) in [6.45, 7) is 4.36. The minimum absolute atomic E-state index is 0.151. The number of ether oxygens (including phenoxy) is 1. The number of rotatable bonds is 3. The lowest BCUT2D eigenvalue weighted by Gasteiger charge is -2.42. The van der Waals surface area contributed by atoms with Gasteiger partial charge in [0.1, 0.15) is 0 Å². The van der Waals surface area contributed by atoms with E-state index < -0.39 is 0 Å². The van der Waals surface area contributed by atoms with E-state index in [-0.39, 0.29) is 11.5 Å². The zero-order valence-electron chi connectivity index (χ0n) is 12.4. The van der Waals surface area contributed by atoms with E-state index in [0.29, 0.717) is 18.4 Å². The summed E-state index contributed by atoms with van der Waals surface area (Å²) in [5, 5.41) is 0. The number of carbonyl (C=O) groups is 1. The molecule has 1 amide bonds. The number of methoxy groups -OCH3 is 1. The van der Waals surface area contributed by atoms with Gasteiger partial charge in [-0.05, 0) is 45.1 Å². The van der Waals surface area contributed by atoms with Gasteiger partial charge in [0.05, 0.1) is 5.60 Å². The number of carbonyl (C=O) groups excluding carboxylic acids is 1. The van der Waals surface area contributed by atoms with E-state index in [9.17, 15) is 4.79 Å². The summed E-state index contributed by atoms with van der Waals surface area (Å²) in [6, 6.07) is 0. The number of likely N-dealkylation sites (tertiary alicyclic amines) is 1. The molecule has 0 radical (unpaired) electrons. The van der Waals surface area contributed by atoms with Crippen LogP contribution in [0.1, 0.15) is 45.4 Å². The summed E-state index contributed by atoms with van der Waals surface area (Å²) in [5.41, 5.74) is 5.68. The van der Waals surface area contributed by atoms with Gasteiger partial charge in [-0.1, -0.05) is 12.8 Å². The molecular weight excluding hydrogens is 240 g/mol. The van der Waals surface area contributed by atoms with E-state index in [2.05, 4.69) is 6.92 Å². The number of nitrogens with two attached hydrogens (primary N) is 1. The van der Waals surface area contributed by atoms with E-state index in [1.165, 1.54) is 12.8 Å². The molecule has 110 valence electrons. The normalized spacial score (nSPS) is 36.3. The topological polar surface area (TPSA) is 55.6 Å². The molecule has 2 fully saturated rings. The van der Waals surface area contributed by atoms with Crippen molar-refractivity contribution in [2.75, 3.05) is 26.7 Å². The molecular formula is C15H28N2O2. The van der Waals surface area contributed by atoms with Crippen LogP contribution in [0.15, 0.2) is 0 Å². The third-order valence-corrected chi connectivity index (χ3v) is 4.99. The maximum absolute atomic E-state index is 12.7. The molecule has 3 unspecified atom stereocenters. The first-order valence-electron chi connectivity index (χ1n) is 7.63. The second-order valence-electron chi connectivity index (χ2n) is 6.40. The molecule has 2 N–H and O–H groups in total. The van der Waals surface area contributed by atoms with Crippen LogP contribution >= 0.6 is 0 Å². The van der Waals surface area contributed by atoms with Crippen LogP contribution in [0.4, 0.5) is 0 Å². The van der Waals surface area contributed by atoms with Crippen molar-refractivity contribution in [3.8, 4) is 0 Å². The molecule has 19 heavy (non-hydrogen) atoms. The lowest BCUT2D eigenvalue weighted by molar-refractivity contribution is -0.146. The van der Waals surface area contributed by atoms with Gasteiger partial charge in [-0.2, -0.15) is 0 Å². The molecule has 0 aromatic heterocycles. The quantitative estimate of drug-likeness (QED) is 0.849. The van der Waals surface area contributed by atoms with Gasteiger partial charge in [-0.25, -0.2) is 0 Å². The van der Waals surface area contributed by atoms with Gasteiger partial charge in [0.15, 0.2) is 0 Å². The van der Waals surface area contributed by atoms with Crippen LogP contribution in [-0.4, -0.2) is 43.2 Å². The molecule has 1 aliphatic carbocycles. The van der Waals surface area contributed by atoms with Gasteiger partial charge in [0.2, 0.25) is 5.91 Å². The monoisotopic (exact) mass is 268 g/mol. The summed E-state index contributed by atoms with van der Waals surface area (Å²) in [7, 11) is 1.75. The van der Waals surface area contributed by atoms with Crippen molar-refractivity contribution < 1.29 is 9.53 Å². The van der Waals surface area contributed by atoms with Crippen molar-refractivity contribution in [1.82, 2.24) is 4.90 Å². The predicted octanol–water partition coefficient (Wildman–Crippen LogP) is 1.78. The zero-order valence-corrected chi connectivity index (χ0v) is 12.4. The van der Waals surface area contributed by atoms with Crippen LogP contribution in [0.25, 0.3) is 0 Å². The average molecular weight is 268 g/mol. The summed E-state index contributed by atoms with van der Waals surface area (Å²) >= 11 is 0. The Bertz CT molecular complexity index is 321. The maximum Gasteiger partial charge on any atom is 0.226 e. The standard InChI is InChI=1S/C15H28N2O2/c1-15(19-2)8-5-9-17(11-15)14(18)13-7-4-3-6-12(13)10-16/h12-13H,3-11,16H2,1-2H3. The molecule has 0 aromatic rings. The highest BCUT2D eigenvalue weighted by Gasteiger charge is 2.38. The highest BCUT2D eigenvalue weighted by Crippen LogP contribution is 2.33. The number of amides is 1. The average Bonchev–Trinajstić information content (AvgIpc) is 2.46. The van der Waals surface area contributed by atoms with Crippen molar-refractivity contribution in [2.24, 2.45) is 17.6 Å². The first-order valence-corrected chi connectivity index (χ1v) is 7.63. The highest BCUT2D eigenvalue weighted by atomic mass is 16.5. The number of hydrogen-bond acceptors (Lipinski definition) is 3. The summed E-state index contributed by atoms with van der Waals surface area (Å²) < 4.78 is 5.58. The van der Waals surface area contributed by atoms with E-state index in [1.807, 2.05) is 4.90 Å². The smallest absolute Gasteiger partial charge is 0.226 e. The Balaban J connectivity index is 2.01. The Hall–Kier alpha value is -0.610. The van der Waals surface area contributed by atoms with Gasteiger partial charge in [-0.15, -0.1) is 0 Å². The first-order chi connectivity index (χ1) is 9.09. The molecule has 0 spiro atoms. The number of nitrogens with zero attached hydrogens (tertiary/aromatic N) is 1.